The summed E-state index contributed by atoms with van der Waals surface area (Å²) in [5.74, 6) is 0. The highest BCUT2D eigenvalue weighted by molar-refractivity contribution is 7.89. The zero-order chi connectivity index (χ0) is 15.7. The van der Waals surface area contributed by atoms with Gasteiger partial charge >= 0.3 is 0 Å². The number of hydrogen-bond acceptors (Lipinski definition) is 4. The van der Waals surface area contributed by atoms with Crippen LogP contribution in [0.1, 0.15) is 22.7 Å². The molecule has 2 unspecified atom stereocenters. The van der Waals surface area contributed by atoms with E-state index in [1.807, 2.05) is 18.2 Å². The molecule has 0 spiro atoms. The van der Waals surface area contributed by atoms with E-state index in [9.17, 15) is 13.5 Å². The Bertz CT molecular complexity index is 856. The first kappa shape index (κ1) is 14.7. The van der Waals surface area contributed by atoms with Gasteiger partial charge in [-0.3, -0.25) is 0 Å². The van der Waals surface area contributed by atoms with Gasteiger partial charge in [0.2, 0.25) is 10.0 Å². The smallest absolute Gasteiger partial charge is 0.242 e. The second-order valence-electron chi connectivity index (χ2n) is 5.18. The molecular weight excluding hydrogens is 300 g/mol. The van der Waals surface area contributed by atoms with E-state index in [0.29, 0.717) is 6.42 Å². The highest BCUT2D eigenvalue weighted by Gasteiger charge is 2.34. The standard InChI is InChI=1S/C16H14N2O3S/c17-10-12-6-2-4-8-15(12)22(20,21)18-16-13-7-3-1-5-11(13)9-14(16)19/h1-8,14,16,18-19H,9H2. The molecular formula is C16H14N2O3S. The van der Waals surface area contributed by atoms with Gasteiger partial charge in [0.1, 0.15) is 6.07 Å². The normalized spacial score (nSPS) is 20.4. The quantitative estimate of drug-likeness (QED) is 0.898. The van der Waals surface area contributed by atoms with E-state index in [4.69, 9.17) is 5.26 Å². The third-order valence-corrected chi connectivity index (χ3v) is 5.28. The molecule has 2 atom stereocenters. The van der Waals surface area contributed by atoms with Crippen molar-refractivity contribution in [2.45, 2.75) is 23.5 Å². The fourth-order valence-corrected chi connectivity index (χ4v) is 4.15. The van der Waals surface area contributed by atoms with Gasteiger partial charge in [0.25, 0.3) is 0 Å². The van der Waals surface area contributed by atoms with Gasteiger partial charge in [0, 0.05) is 6.42 Å². The van der Waals surface area contributed by atoms with Crippen LogP contribution >= 0.6 is 0 Å². The van der Waals surface area contributed by atoms with Crippen LogP contribution < -0.4 is 4.72 Å². The highest BCUT2D eigenvalue weighted by atomic mass is 32.2. The molecule has 112 valence electrons. The molecule has 0 bridgehead atoms. The molecule has 1 aliphatic carbocycles. The van der Waals surface area contributed by atoms with Crippen LogP contribution in [0.5, 0.6) is 0 Å². The summed E-state index contributed by atoms with van der Waals surface area (Å²) in [5.41, 5.74) is 1.78. The molecule has 2 aromatic carbocycles. The molecule has 1 aliphatic rings. The van der Waals surface area contributed by atoms with Gasteiger partial charge in [0.15, 0.2) is 0 Å². The first-order valence-corrected chi connectivity index (χ1v) is 8.28. The van der Waals surface area contributed by atoms with Gasteiger partial charge in [-0.15, -0.1) is 0 Å². The molecule has 0 radical (unpaired) electrons. The molecule has 0 fully saturated rings. The SMILES string of the molecule is N#Cc1ccccc1S(=O)(=O)NC1c2ccccc2CC1O. The molecule has 0 aromatic heterocycles. The van der Waals surface area contributed by atoms with Crippen LogP contribution in [0.4, 0.5) is 0 Å². The number of hydrogen-bond donors (Lipinski definition) is 2. The number of aliphatic hydroxyl groups excluding tert-OH is 1. The van der Waals surface area contributed by atoms with Crippen LogP contribution in [0, 0.1) is 11.3 Å². The zero-order valence-corrected chi connectivity index (χ0v) is 12.4. The fourth-order valence-electron chi connectivity index (χ4n) is 2.74. The largest absolute Gasteiger partial charge is 0.391 e. The van der Waals surface area contributed by atoms with E-state index < -0.39 is 22.2 Å². The molecule has 6 heteroatoms. The van der Waals surface area contributed by atoms with E-state index in [2.05, 4.69) is 4.72 Å². The fraction of sp³-hybridized carbons (Fsp3) is 0.188. The van der Waals surface area contributed by atoms with Crippen LogP contribution in [-0.4, -0.2) is 19.6 Å². The third kappa shape index (κ3) is 2.50. The van der Waals surface area contributed by atoms with Crippen LogP contribution in [0.15, 0.2) is 53.4 Å². The van der Waals surface area contributed by atoms with E-state index in [0.717, 1.165) is 11.1 Å². The molecule has 22 heavy (non-hydrogen) atoms. The maximum absolute atomic E-state index is 12.5. The molecule has 0 aliphatic heterocycles. The van der Waals surface area contributed by atoms with Crippen LogP contribution in [0.25, 0.3) is 0 Å². The Balaban J connectivity index is 1.98. The number of nitrogens with zero attached hydrogens (tertiary/aromatic N) is 1. The highest BCUT2D eigenvalue weighted by Crippen LogP contribution is 2.32. The minimum absolute atomic E-state index is 0.0749. The molecule has 3 rings (SSSR count). The molecule has 0 amide bonds. The maximum Gasteiger partial charge on any atom is 0.242 e. The average Bonchev–Trinajstić information content (AvgIpc) is 2.83. The summed E-state index contributed by atoms with van der Waals surface area (Å²) in [4.78, 5) is -0.0749. The minimum Gasteiger partial charge on any atom is -0.391 e. The topological polar surface area (TPSA) is 90.2 Å². The molecule has 0 heterocycles. The van der Waals surface area contributed by atoms with Crippen molar-refractivity contribution in [1.82, 2.24) is 4.72 Å². The van der Waals surface area contributed by atoms with Crippen molar-refractivity contribution in [3.63, 3.8) is 0 Å². The second kappa shape index (κ2) is 5.54. The summed E-state index contributed by atoms with van der Waals surface area (Å²) >= 11 is 0. The van der Waals surface area contributed by atoms with Crippen molar-refractivity contribution < 1.29 is 13.5 Å². The predicted octanol–water partition coefficient (Wildman–Crippen LogP) is 1.49. The van der Waals surface area contributed by atoms with Crippen LogP contribution in [0.3, 0.4) is 0 Å². The summed E-state index contributed by atoms with van der Waals surface area (Å²) in [6.07, 6.45) is -0.412. The van der Waals surface area contributed by atoms with Crippen molar-refractivity contribution in [3.05, 3.63) is 65.2 Å². The molecule has 0 saturated carbocycles. The van der Waals surface area contributed by atoms with Crippen molar-refractivity contribution >= 4 is 10.0 Å². The Hall–Kier alpha value is -2.20. The van der Waals surface area contributed by atoms with Crippen LogP contribution in [-0.2, 0) is 16.4 Å². The molecule has 5 nitrogen and oxygen atoms in total. The van der Waals surface area contributed by atoms with Gasteiger partial charge in [-0.2, -0.15) is 5.26 Å². The van der Waals surface area contributed by atoms with Gasteiger partial charge < -0.3 is 5.11 Å². The van der Waals surface area contributed by atoms with E-state index in [-0.39, 0.29) is 10.5 Å². The lowest BCUT2D eigenvalue weighted by atomic mass is 10.1. The number of rotatable bonds is 3. The Labute approximate surface area is 128 Å². The van der Waals surface area contributed by atoms with Crippen molar-refractivity contribution in [2.75, 3.05) is 0 Å². The summed E-state index contributed by atoms with van der Waals surface area (Å²) in [6.45, 7) is 0. The number of nitriles is 1. The number of nitrogens with one attached hydrogen (secondary N) is 1. The minimum atomic E-state index is -3.89. The van der Waals surface area contributed by atoms with Gasteiger partial charge in [-0.05, 0) is 23.3 Å². The number of benzene rings is 2. The van der Waals surface area contributed by atoms with Crippen molar-refractivity contribution in [2.24, 2.45) is 0 Å². The van der Waals surface area contributed by atoms with Gasteiger partial charge in [-0.1, -0.05) is 36.4 Å². The number of sulfonamides is 1. The third-order valence-electron chi connectivity index (χ3n) is 3.78. The molecule has 0 saturated heterocycles. The summed E-state index contributed by atoms with van der Waals surface area (Å²) in [5, 5.41) is 19.2. The van der Waals surface area contributed by atoms with Gasteiger partial charge in [0.05, 0.1) is 22.6 Å². The van der Waals surface area contributed by atoms with E-state index in [1.54, 1.807) is 24.3 Å². The second-order valence-corrected chi connectivity index (χ2v) is 6.86. The van der Waals surface area contributed by atoms with E-state index >= 15 is 0 Å². The number of aliphatic hydroxyl groups is 1. The van der Waals surface area contributed by atoms with Crippen molar-refractivity contribution in [3.8, 4) is 6.07 Å². The monoisotopic (exact) mass is 314 g/mol. The van der Waals surface area contributed by atoms with Crippen molar-refractivity contribution in [1.29, 1.82) is 5.26 Å². The summed E-state index contributed by atoms with van der Waals surface area (Å²) in [6, 6.07) is 14.5. The summed E-state index contributed by atoms with van der Waals surface area (Å²) < 4.78 is 27.6. The molecule has 2 aromatic rings. The predicted molar refractivity (Wildman–Crippen MR) is 80.4 cm³/mol. The van der Waals surface area contributed by atoms with E-state index in [1.165, 1.54) is 12.1 Å². The Kier molecular flexibility index (Phi) is 3.71. The lowest BCUT2D eigenvalue weighted by molar-refractivity contribution is 0.151. The number of fused-ring (bicyclic) bond motifs is 1. The molecule has 2 N–H and O–H groups in total. The summed E-state index contributed by atoms with van der Waals surface area (Å²) in [7, 11) is -3.89. The Morgan fingerprint density at radius 3 is 2.59 bits per heavy atom. The van der Waals surface area contributed by atoms with Crippen LogP contribution in [0.2, 0.25) is 0 Å². The lowest BCUT2D eigenvalue weighted by Gasteiger charge is -2.18. The Morgan fingerprint density at radius 2 is 1.82 bits per heavy atom. The first-order chi connectivity index (χ1) is 10.5. The first-order valence-electron chi connectivity index (χ1n) is 6.80. The average molecular weight is 314 g/mol. The maximum atomic E-state index is 12.5. The van der Waals surface area contributed by atoms with Gasteiger partial charge in [-0.25, -0.2) is 13.1 Å². The Morgan fingerprint density at radius 1 is 1.14 bits per heavy atom. The lowest BCUT2D eigenvalue weighted by Crippen LogP contribution is -2.34. The zero-order valence-electron chi connectivity index (χ0n) is 11.6.